The second-order valence-corrected chi connectivity index (χ2v) is 6.70. The van der Waals surface area contributed by atoms with Crippen LogP contribution < -0.4 is 9.47 Å². The number of nitrogens with zero attached hydrogens (tertiary/aromatic N) is 2. The van der Waals surface area contributed by atoms with Gasteiger partial charge in [0.15, 0.2) is 11.5 Å². The van der Waals surface area contributed by atoms with E-state index in [1.54, 1.807) is 13.3 Å². The van der Waals surface area contributed by atoms with Crippen LogP contribution in [0.3, 0.4) is 0 Å². The summed E-state index contributed by atoms with van der Waals surface area (Å²) < 4.78 is 11.2. The van der Waals surface area contributed by atoms with Crippen molar-refractivity contribution < 1.29 is 19.4 Å². The number of piperidine rings is 1. The summed E-state index contributed by atoms with van der Waals surface area (Å²) >= 11 is 0. The molecule has 0 radical (unpaired) electrons. The van der Waals surface area contributed by atoms with Gasteiger partial charge in [0.2, 0.25) is 0 Å². The van der Waals surface area contributed by atoms with Gasteiger partial charge in [0.25, 0.3) is 0 Å². The average Bonchev–Trinajstić information content (AvgIpc) is 2.70. The first-order valence-corrected chi connectivity index (χ1v) is 9.31. The second kappa shape index (κ2) is 8.86. The maximum Gasteiger partial charge on any atom is 0.307 e. The smallest absolute Gasteiger partial charge is 0.307 e. The zero-order chi connectivity index (χ0) is 19.2. The molecule has 6 heteroatoms. The van der Waals surface area contributed by atoms with Crippen LogP contribution in [0.5, 0.6) is 11.5 Å². The van der Waals surface area contributed by atoms with Crippen molar-refractivity contribution in [1.82, 2.24) is 9.88 Å². The van der Waals surface area contributed by atoms with Crippen LogP contribution in [-0.2, 0) is 4.79 Å². The van der Waals surface area contributed by atoms with Crippen molar-refractivity contribution in [3.05, 3.63) is 53.9 Å². The number of carboxylic acids is 1. The van der Waals surface area contributed by atoms with Crippen LogP contribution in [0.2, 0.25) is 0 Å². The topological polar surface area (TPSA) is 71.9 Å². The first kappa shape index (κ1) is 19.2. The van der Waals surface area contributed by atoms with Gasteiger partial charge in [0.05, 0.1) is 25.7 Å². The van der Waals surface area contributed by atoms with Crippen molar-refractivity contribution in [2.24, 2.45) is 5.92 Å². The van der Waals surface area contributed by atoms with Crippen molar-refractivity contribution in [2.75, 3.05) is 26.8 Å². The largest absolute Gasteiger partial charge is 0.493 e. The fraction of sp³-hybridized carbons (Fsp3) is 0.429. The molecule has 2 heterocycles. The van der Waals surface area contributed by atoms with Crippen LogP contribution in [0.25, 0.3) is 0 Å². The summed E-state index contributed by atoms with van der Waals surface area (Å²) in [5, 5.41) is 9.48. The van der Waals surface area contributed by atoms with Crippen LogP contribution in [-0.4, -0.2) is 47.8 Å². The molecule has 0 spiro atoms. The van der Waals surface area contributed by atoms with Gasteiger partial charge < -0.3 is 14.6 Å². The van der Waals surface area contributed by atoms with Gasteiger partial charge in [0.1, 0.15) is 0 Å². The van der Waals surface area contributed by atoms with Crippen molar-refractivity contribution in [2.45, 2.75) is 25.8 Å². The van der Waals surface area contributed by atoms with Crippen LogP contribution in [0.15, 0.2) is 42.7 Å². The van der Waals surface area contributed by atoms with Crippen LogP contribution in [0.4, 0.5) is 0 Å². The fourth-order valence-corrected chi connectivity index (χ4v) is 3.72. The van der Waals surface area contributed by atoms with Crippen molar-refractivity contribution in [3.63, 3.8) is 0 Å². The Morgan fingerprint density at radius 1 is 1.33 bits per heavy atom. The predicted molar refractivity (Wildman–Crippen MR) is 102 cm³/mol. The van der Waals surface area contributed by atoms with E-state index in [4.69, 9.17) is 9.47 Å². The Bertz CT molecular complexity index is 766. The predicted octanol–water partition coefficient (Wildman–Crippen LogP) is 3.37. The van der Waals surface area contributed by atoms with Crippen molar-refractivity contribution in [3.8, 4) is 11.5 Å². The number of hydrogen-bond donors (Lipinski definition) is 1. The molecule has 1 N–H and O–H groups in total. The third-order valence-electron chi connectivity index (χ3n) is 4.97. The van der Waals surface area contributed by atoms with Crippen molar-refractivity contribution >= 4 is 5.97 Å². The first-order chi connectivity index (χ1) is 13.1. The lowest BCUT2D eigenvalue weighted by atomic mass is 9.92. The first-order valence-electron chi connectivity index (χ1n) is 9.31. The molecule has 1 aliphatic rings. The molecular weight excluding hydrogens is 344 g/mol. The van der Waals surface area contributed by atoms with Crippen LogP contribution in [0, 0.1) is 5.92 Å². The summed E-state index contributed by atoms with van der Waals surface area (Å²) in [5.74, 6) is 0.308. The van der Waals surface area contributed by atoms with Gasteiger partial charge in [-0.2, -0.15) is 0 Å². The Balaban J connectivity index is 1.99. The summed E-state index contributed by atoms with van der Waals surface area (Å²) in [6.45, 7) is 3.86. The van der Waals surface area contributed by atoms with Gasteiger partial charge in [-0.25, -0.2) is 0 Å². The minimum Gasteiger partial charge on any atom is -0.493 e. The quantitative estimate of drug-likeness (QED) is 0.806. The lowest BCUT2D eigenvalue weighted by molar-refractivity contribution is -0.143. The molecular formula is C21H26N2O4. The molecule has 1 aromatic carbocycles. The number of aliphatic carboxylic acids is 1. The molecule has 0 bridgehead atoms. The molecule has 1 saturated heterocycles. The van der Waals surface area contributed by atoms with Gasteiger partial charge in [-0.05, 0) is 55.6 Å². The van der Waals surface area contributed by atoms with E-state index in [1.165, 1.54) is 0 Å². The maximum absolute atomic E-state index is 11.5. The molecule has 1 fully saturated rings. The number of carboxylic acid groups (broad SMARTS) is 1. The lowest BCUT2D eigenvalue weighted by Gasteiger charge is -2.37. The number of ether oxygens (including phenoxy) is 2. The van der Waals surface area contributed by atoms with Gasteiger partial charge in [-0.3, -0.25) is 14.7 Å². The average molecular weight is 370 g/mol. The standard InChI is InChI=1S/C21H26N2O4/c1-3-27-18-9-8-15(12-19(18)26-2)20(16-6-4-10-22-13-16)23-11-5-7-17(14-23)21(24)25/h4,6,8-10,12-13,17,20H,3,5,7,11,14H2,1-2H3,(H,24,25). The Morgan fingerprint density at radius 2 is 2.19 bits per heavy atom. The molecule has 27 heavy (non-hydrogen) atoms. The molecule has 2 aromatic rings. The van der Waals surface area contributed by atoms with E-state index in [9.17, 15) is 9.90 Å². The van der Waals surface area contributed by atoms with Gasteiger partial charge in [-0.15, -0.1) is 0 Å². The Hall–Kier alpha value is -2.60. The van der Waals surface area contributed by atoms with Gasteiger partial charge in [-0.1, -0.05) is 12.1 Å². The zero-order valence-electron chi connectivity index (χ0n) is 15.8. The van der Waals surface area contributed by atoms with E-state index in [0.29, 0.717) is 24.7 Å². The highest BCUT2D eigenvalue weighted by Gasteiger charge is 2.31. The molecule has 2 unspecified atom stereocenters. The Morgan fingerprint density at radius 3 is 2.85 bits per heavy atom. The van der Waals surface area contributed by atoms with Gasteiger partial charge in [0, 0.05) is 18.9 Å². The number of benzene rings is 1. The zero-order valence-corrected chi connectivity index (χ0v) is 15.8. The van der Waals surface area contributed by atoms with E-state index in [-0.39, 0.29) is 12.0 Å². The molecule has 1 aromatic heterocycles. The second-order valence-electron chi connectivity index (χ2n) is 6.70. The van der Waals surface area contributed by atoms with E-state index in [2.05, 4.69) is 9.88 Å². The summed E-state index contributed by atoms with van der Waals surface area (Å²) in [7, 11) is 1.63. The van der Waals surface area contributed by atoms with E-state index >= 15 is 0 Å². The highest BCUT2D eigenvalue weighted by Crippen LogP contribution is 2.37. The van der Waals surface area contributed by atoms with E-state index in [0.717, 1.165) is 30.5 Å². The highest BCUT2D eigenvalue weighted by molar-refractivity contribution is 5.70. The Labute approximate surface area is 159 Å². The number of hydrogen-bond acceptors (Lipinski definition) is 5. The van der Waals surface area contributed by atoms with Crippen molar-refractivity contribution in [1.29, 1.82) is 0 Å². The summed E-state index contributed by atoms with van der Waals surface area (Å²) in [4.78, 5) is 18.0. The molecule has 6 nitrogen and oxygen atoms in total. The molecule has 144 valence electrons. The summed E-state index contributed by atoms with van der Waals surface area (Å²) in [6, 6.07) is 9.78. The van der Waals surface area contributed by atoms with Gasteiger partial charge >= 0.3 is 5.97 Å². The molecule has 1 aliphatic heterocycles. The number of rotatable bonds is 7. The van der Waals surface area contributed by atoms with E-state index in [1.807, 2.05) is 43.5 Å². The fourth-order valence-electron chi connectivity index (χ4n) is 3.72. The number of likely N-dealkylation sites (tertiary alicyclic amines) is 1. The van der Waals surface area contributed by atoms with Crippen LogP contribution in [0.1, 0.15) is 36.9 Å². The summed E-state index contributed by atoms with van der Waals surface area (Å²) in [6.07, 6.45) is 5.17. The lowest BCUT2D eigenvalue weighted by Crippen LogP contribution is -2.41. The minimum atomic E-state index is -0.728. The normalized spacial score (nSPS) is 18.7. The molecule has 0 saturated carbocycles. The monoisotopic (exact) mass is 370 g/mol. The number of aromatic nitrogens is 1. The summed E-state index contributed by atoms with van der Waals surface area (Å²) in [5.41, 5.74) is 2.07. The number of pyridine rings is 1. The molecule has 0 aliphatic carbocycles. The highest BCUT2D eigenvalue weighted by atomic mass is 16.5. The number of carbonyl (C=O) groups is 1. The molecule has 2 atom stereocenters. The Kier molecular flexibility index (Phi) is 6.29. The third-order valence-corrected chi connectivity index (χ3v) is 4.97. The molecule has 0 amide bonds. The number of methoxy groups -OCH3 is 1. The van der Waals surface area contributed by atoms with E-state index < -0.39 is 5.97 Å². The minimum absolute atomic E-state index is 0.0783. The third kappa shape index (κ3) is 4.39. The van der Waals surface area contributed by atoms with Crippen LogP contribution >= 0.6 is 0 Å². The SMILES string of the molecule is CCOc1ccc(C(c2cccnc2)N2CCCC(C(=O)O)C2)cc1OC. The maximum atomic E-state index is 11.5. The molecule has 3 rings (SSSR count).